The third-order valence-corrected chi connectivity index (χ3v) is 2.62. The summed E-state index contributed by atoms with van der Waals surface area (Å²) in [6.45, 7) is 0. The van der Waals surface area contributed by atoms with Crippen molar-refractivity contribution < 1.29 is 19.4 Å². The SMILES string of the molecule is COc1cccc(C#N)c1NC(=O)C(N)CCC(=O)O. The zero-order valence-electron chi connectivity index (χ0n) is 10.9. The van der Waals surface area contributed by atoms with Gasteiger partial charge in [0, 0.05) is 6.42 Å². The van der Waals surface area contributed by atoms with E-state index in [9.17, 15) is 9.59 Å². The lowest BCUT2D eigenvalue weighted by Crippen LogP contribution is -2.36. The average molecular weight is 277 g/mol. The van der Waals surface area contributed by atoms with E-state index in [1.54, 1.807) is 12.1 Å². The number of methoxy groups -OCH3 is 1. The van der Waals surface area contributed by atoms with Crippen LogP contribution in [0.3, 0.4) is 0 Å². The lowest BCUT2D eigenvalue weighted by atomic mass is 10.1. The van der Waals surface area contributed by atoms with Crippen LogP contribution in [-0.2, 0) is 9.59 Å². The molecule has 20 heavy (non-hydrogen) atoms. The molecule has 0 aliphatic carbocycles. The van der Waals surface area contributed by atoms with Crippen LogP contribution in [0.1, 0.15) is 18.4 Å². The minimum absolute atomic E-state index is 0.0121. The number of anilines is 1. The van der Waals surface area contributed by atoms with Gasteiger partial charge in [0.15, 0.2) is 0 Å². The fourth-order valence-electron chi connectivity index (χ4n) is 1.55. The number of hydrogen-bond donors (Lipinski definition) is 3. The standard InChI is InChI=1S/C13H15N3O4/c1-20-10-4-2-3-8(7-14)12(10)16-13(19)9(15)5-6-11(17)18/h2-4,9H,5-6,15H2,1H3,(H,16,19)(H,17,18). The maximum atomic E-state index is 11.9. The predicted molar refractivity (Wildman–Crippen MR) is 71.2 cm³/mol. The van der Waals surface area contributed by atoms with Crippen LogP contribution in [0.2, 0.25) is 0 Å². The Labute approximate surface area is 115 Å². The number of nitrogens with zero attached hydrogens (tertiary/aromatic N) is 1. The number of carboxylic acids is 1. The van der Waals surface area contributed by atoms with Gasteiger partial charge < -0.3 is 20.9 Å². The van der Waals surface area contributed by atoms with Gasteiger partial charge in [-0.25, -0.2) is 0 Å². The molecule has 106 valence electrons. The van der Waals surface area contributed by atoms with E-state index < -0.39 is 17.9 Å². The third-order valence-electron chi connectivity index (χ3n) is 2.62. The van der Waals surface area contributed by atoms with Gasteiger partial charge >= 0.3 is 5.97 Å². The van der Waals surface area contributed by atoms with Crippen molar-refractivity contribution in [3.05, 3.63) is 23.8 Å². The molecule has 1 aromatic carbocycles. The molecular weight excluding hydrogens is 262 g/mol. The second kappa shape index (κ2) is 7.11. The minimum Gasteiger partial charge on any atom is -0.495 e. The molecule has 0 saturated carbocycles. The van der Waals surface area contributed by atoms with Gasteiger partial charge in [-0.15, -0.1) is 0 Å². The van der Waals surface area contributed by atoms with Gasteiger partial charge in [0.1, 0.15) is 17.5 Å². The second-order valence-corrected chi connectivity index (χ2v) is 4.02. The maximum absolute atomic E-state index is 11.9. The van der Waals surface area contributed by atoms with E-state index in [4.69, 9.17) is 20.8 Å². The summed E-state index contributed by atoms with van der Waals surface area (Å²) in [4.78, 5) is 22.3. The number of para-hydroxylation sites is 1. The number of ether oxygens (including phenoxy) is 1. The normalized spacial score (nSPS) is 11.2. The molecule has 4 N–H and O–H groups in total. The van der Waals surface area contributed by atoms with Gasteiger partial charge in [-0.1, -0.05) is 6.07 Å². The Morgan fingerprint density at radius 2 is 2.25 bits per heavy atom. The first-order chi connectivity index (χ1) is 9.49. The highest BCUT2D eigenvalue weighted by Gasteiger charge is 2.18. The number of hydrogen-bond acceptors (Lipinski definition) is 5. The Morgan fingerprint density at radius 1 is 1.55 bits per heavy atom. The first-order valence-corrected chi connectivity index (χ1v) is 5.85. The molecule has 1 atom stereocenters. The highest BCUT2D eigenvalue weighted by atomic mass is 16.5. The van der Waals surface area contributed by atoms with Gasteiger partial charge in [0.05, 0.1) is 18.7 Å². The molecule has 0 spiro atoms. The largest absolute Gasteiger partial charge is 0.495 e. The van der Waals surface area contributed by atoms with Crippen LogP contribution in [0.4, 0.5) is 5.69 Å². The minimum atomic E-state index is -1.02. The predicted octanol–water partition coefficient (Wildman–Crippen LogP) is 0.697. The van der Waals surface area contributed by atoms with E-state index in [0.717, 1.165) is 0 Å². The molecule has 1 rings (SSSR count). The summed E-state index contributed by atoms with van der Waals surface area (Å²) in [6, 6.07) is 5.71. The molecule has 0 aliphatic rings. The summed E-state index contributed by atoms with van der Waals surface area (Å²) >= 11 is 0. The lowest BCUT2D eigenvalue weighted by molar-refractivity contribution is -0.137. The molecule has 0 aliphatic heterocycles. The Morgan fingerprint density at radius 3 is 2.80 bits per heavy atom. The number of carboxylic acid groups (broad SMARTS) is 1. The van der Waals surface area contributed by atoms with Crippen LogP contribution in [0.15, 0.2) is 18.2 Å². The first kappa shape index (κ1) is 15.5. The number of carbonyl (C=O) groups is 2. The van der Waals surface area contributed by atoms with Gasteiger partial charge in [0.2, 0.25) is 5.91 Å². The quantitative estimate of drug-likeness (QED) is 0.702. The van der Waals surface area contributed by atoms with Crippen LogP contribution in [0, 0.1) is 11.3 Å². The number of rotatable bonds is 6. The molecule has 0 heterocycles. The lowest BCUT2D eigenvalue weighted by Gasteiger charge is -2.14. The molecule has 0 fully saturated rings. The van der Waals surface area contributed by atoms with Crippen molar-refractivity contribution in [2.45, 2.75) is 18.9 Å². The summed E-state index contributed by atoms with van der Waals surface area (Å²) < 4.78 is 5.07. The summed E-state index contributed by atoms with van der Waals surface area (Å²) in [7, 11) is 1.41. The molecule has 0 aromatic heterocycles. The fraction of sp³-hybridized carbons (Fsp3) is 0.308. The number of amides is 1. The maximum Gasteiger partial charge on any atom is 0.303 e. The molecule has 7 nitrogen and oxygen atoms in total. The zero-order valence-corrected chi connectivity index (χ0v) is 10.9. The summed E-state index contributed by atoms with van der Waals surface area (Å²) in [5.74, 6) is -1.25. The van der Waals surface area contributed by atoms with Gasteiger partial charge in [-0.2, -0.15) is 5.26 Å². The molecule has 1 unspecified atom stereocenters. The smallest absolute Gasteiger partial charge is 0.303 e. The van der Waals surface area contributed by atoms with Crippen molar-refractivity contribution in [1.82, 2.24) is 0 Å². The van der Waals surface area contributed by atoms with Gasteiger partial charge in [-0.05, 0) is 18.6 Å². The number of benzene rings is 1. The highest BCUT2D eigenvalue weighted by Crippen LogP contribution is 2.27. The topological polar surface area (TPSA) is 125 Å². The van der Waals surface area contributed by atoms with Crippen LogP contribution in [0.5, 0.6) is 5.75 Å². The second-order valence-electron chi connectivity index (χ2n) is 4.02. The number of nitrogens with one attached hydrogen (secondary N) is 1. The van der Waals surface area contributed by atoms with Crippen molar-refractivity contribution in [2.75, 3.05) is 12.4 Å². The summed E-state index contributed by atoms with van der Waals surface area (Å²) in [5, 5.41) is 20.0. The number of nitriles is 1. The van der Waals surface area contributed by atoms with Crippen molar-refractivity contribution in [1.29, 1.82) is 5.26 Å². The summed E-state index contributed by atoms with van der Waals surface area (Å²) in [6.07, 6.45) is -0.191. The Hall–Kier alpha value is -2.59. The zero-order chi connectivity index (χ0) is 15.1. The van der Waals surface area contributed by atoms with E-state index >= 15 is 0 Å². The van der Waals surface area contributed by atoms with Crippen molar-refractivity contribution in [2.24, 2.45) is 5.73 Å². The first-order valence-electron chi connectivity index (χ1n) is 5.85. The van der Waals surface area contributed by atoms with Crippen LogP contribution < -0.4 is 15.8 Å². The van der Waals surface area contributed by atoms with Gasteiger partial charge in [-0.3, -0.25) is 9.59 Å². The molecule has 0 bridgehead atoms. The van der Waals surface area contributed by atoms with Crippen LogP contribution in [-0.4, -0.2) is 30.1 Å². The molecular formula is C13H15N3O4. The van der Waals surface area contributed by atoms with E-state index in [-0.39, 0.29) is 24.1 Å². The molecule has 0 saturated heterocycles. The Bertz CT molecular complexity index is 551. The number of aliphatic carboxylic acids is 1. The van der Waals surface area contributed by atoms with E-state index in [1.807, 2.05) is 6.07 Å². The van der Waals surface area contributed by atoms with E-state index in [0.29, 0.717) is 5.75 Å². The molecule has 1 amide bonds. The Balaban J connectivity index is 2.85. The van der Waals surface area contributed by atoms with Gasteiger partial charge in [0.25, 0.3) is 0 Å². The Kier molecular flexibility index (Phi) is 5.50. The monoisotopic (exact) mass is 277 g/mol. The van der Waals surface area contributed by atoms with Crippen LogP contribution >= 0.6 is 0 Å². The number of carbonyl (C=O) groups excluding carboxylic acids is 1. The van der Waals surface area contributed by atoms with Crippen molar-refractivity contribution >= 4 is 17.6 Å². The highest BCUT2D eigenvalue weighted by molar-refractivity contribution is 5.97. The summed E-state index contributed by atoms with van der Waals surface area (Å²) in [5.41, 5.74) is 6.07. The fourth-order valence-corrected chi connectivity index (χ4v) is 1.55. The van der Waals surface area contributed by atoms with Crippen molar-refractivity contribution in [3.63, 3.8) is 0 Å². The third kappa shape index (κ3) is 3.96. The van der Waals surface area contributed by atoms with Crippen molar-refractivity contribution in [3.8, 4) is 11.8 Å². The average Bonchev–Trinajstić information content (AvgIpc) is 2.44. The van der Waals surface area contributed by atoms with E-state index in [2.05, 4.69) is 5.32 Å². The van der Waals surface area contributed by atoms with E-state index in [1.165, 1.54) is 13.2 Å². The number of nitrogens with two attached hydrogens (primary N) is 1. The molecule has 0 radical (unpaired) electrons. The van der Waals surface area contributed by atoms with Crippen LogP contribution in [0.25, 0.3) is 0 Å². The molecule has 1 aromatic rings. The molecule has 7 heteroatoms.